The molecule has 25 heavy (non-hydrogen) atoms. The maximum Gasteiger partial charge on any atom is 0.275 e. The lowest BCUT2D eigenvalue weighted by atomic mass is 10.2. The van der Waals surface area contributed by atoms with Gasteiger partial charge in [-0.1, -0.05) is 11.6 Å². The summed E-state index contributed by atoms with van der Waals surface area (Å²) in [5.41, 5.74) is 1.93. The van der Waals surface area contributed by atoms with Crippen molar-refractivity contribution >= 4 is 27.3 Å². The average Bonchev–Trinajstić information content (AvgIpc) is 2.92. The zero-order valence-corrected chi connectivity index (χ0v) is 15.6. The minimum Gasteiger partial charge on any atom is -0.346 e. The zero-order chi connectivity index (χ0) is 18.5. The van der Waals surface area contributed by atoms with Crippen LogP contribution in [0.15, 0.2) is 29.2 Å². The van der Waals surface area contributed by atoms with Gasteiger partial charge in [-0.2, -0.15) is 4.31 Å². The molecular weight excluding hydrogens is 366 g/mol. The molecule has 7 nitrogen and oxygen atoms in total. The number of hydrogen-bond donors (Lipinski definition) is 0. The molecule has 0 spiro atoms. The van der Waals surface area contributed by atoms with Gasteiger partial charge in [-0.15, -0.1) is 0 Å². The van der Waals surface area contributed by atoms with E-state index in [-0.39, 0.29) is 27.2 Å². The Labute approximate surface area is 151 Å². The molecule has 9 heteroatoms. The van der Waals surface area contributed by atoms with Crippen molar-refractivity contribution in [3.63, 3.8) is 0 Å². The number of fused-ring (bicyclic) bond motifs is 1. The van der Waals surface area contributed by atoms with Crippen molar-refractivity contribution < 1.29 is 13.3 Å². The fourth-order valence-electron chi connectivity index (χ4n) is 3.24. The van der Waals surface area contributed by atoms with Gasteiger partial charge in [-0.25, -0.2) is 8.42 Å². The number of halogens is 1. The molecule has 1 aromatic heterocycles. The van der Waals surface area contributed by atoms with Gasteiger partial charge < -0.3 is 4.57 Å². The van der Waals surface area contributed by atoms with Crippen LogP contribution in [0.4, 0.5) is 5.69 Å². The maximum absolute atomic E-state index is 13.1. The van der Waals surface area contributed by atoms with Crippen LogP contribution in [0.25, 0.3) is 0 Å². The minimum absolute atomic E-state index is 0.0663. The molecule has 1 aliphatic rings. The first-order valence-electron chi connectivity index (χ1n) is 7.77. The summed E-state index contributed by atoms with van der Waals surface area (Å²) in [7, 11) is -3.91. The van der Waals surface area contributed by atoms with Gasteiger partial charge in [0.25, 0.3) is 5.69 Å². The predicted octanol–water partition coefficient (Wildman–Crippen LogP) is 3.43. The first-order valence-corrected chi connectivity index (χ1v) is 9.59. The van der Waals surface area contributed by atoms with E-state index in [0.29, 0.717) is 13.1 Å². The second kappa shape index (κ2) is 6.12. The van der Waals surface area contributed by atoms with Gasteiger partial charge in [0.1, 0.15) is 0 Å². The first kappa shape index (κ1) is 17.9. The second-order valence-corrected chi connectivity index (χ2v) is 8.45. The quantitative estimate of drug-likeness (QED) is 0.600. The van der Waals surface area contributed by atoms with Crippen LogP contribution in [0.5, 0.6) is 0 Å². The molecule has 0 N–H and O–H groups in total. The number of hydrogen-bond acceptors (Lipinski definition) is 4. The van der Waals surface area contributed by atoms with Gasteiger partial charge in [-0.05, 0) is 39.0 Å². The molecule has 0 bridgehead atoms. The summed E-state index contributed by atoms with van der Waals surface area (Å²) in [5, 5.41) is 11.3. The van der Waals surface area contributed by atoms with Crippen LogP contribution in [-0.2, 0) is 16.6 Å². The molecule has 1 aliphatic heterocycles. The van der Waals surface area contributed by atoms with E-state index in [1.54, 1.807) is 0 Å². The second-order valence-electron chi connectivity index (χ2n) is 6.15. The van der Waals surface area contributed by atoms with Crippen molar-refractivity contribution in [2.75, 3.05) is 6.54 Å². The van der Waals surface area contributed by atoms with Crippen molar-refractivity contribution in [3.8, 4) is 0 Å². The van der Waals surface area contributed by atoms with Gasteiger partial charge in [0.2, 0.25) is 10.0 Å². The first-order chi connectivity index (χ1) is 11.6. The van der Waals surface area contributed by atoms with Crippen LogP contribution in [-0.4, -0.2) is 28.8 Å². The number of nitro benzene ring substituents is 1. The fraction of sp³-hybridized carbons (Fsp3) is 0.375. The molecular formula is C16H18ClN3O4S. The van der Waals surface area contributed by atoms with E-state index >= 15 is 0 Å². The van der Waals surface area contributed by atoms with Crippen LogP contribution >= 0.6 is 11.6 Å². The smallest absolute Gasteiger partial charge is 0.275 e. The highest BCUT2D eigenvalue weighted by Gasteiger charge is 2.35. The molecule has 134 valence electrons. The molecule has 1 atom stereocenters. The summed E-state index contributed by atoms with van der Waals surface area (Å²) in [5.74, 6) is 0. The third-order valence-electron chi connectivity index (χ3n) is 4.73. The van der Waals surface area contributed by atoms with Gasteiger partial charge in [-0.3, -0.25) is 10.1 Å². The molecule has 0 amide bonds. The summed E-state index contributed by atoms with van der Waals surface area (Å²) < 4.78 is 29.6. The normalized spacial score (nSPS) is 18.2. The number of nitrogens with zero attached hydrogens (tertiary/aromatic N) is 3. The lowest BCUT2D eigenvalue weighted by molar-refractivity contribution is -0.385. The van der Waals surface area contributed by atoms with Crippen molar-refractivity contribution in [1.29, 1.82) is 0 Å². The molecule has 3 rings (SSSR count). The monoisotopic (exact) mass is 383 g/mol. The van der Waals surface area contributed by atoms with Crippen LogP contribution in [0.1, 0.15) is 29.9 Å². The van der Waals surface area contributed by atoms with Gasteiger partial charge in [0.05, 0.1) is 20.9 Å². The van der Waals surface area contributed by atoms with Crippen molar-refractivity contribution in [1.82, 2.24) is 8.87 Å². The molecule has 0 saturated heterocycles. The minimum atomic E-state index is -3.91. The van der Waals surface area contributed by atoms with Gasteiger partial charge in [0, 0.05) is 36.1 Å². The van der Waals surface area contributed by atoms with Crippen molar-refractivity contribution in [3.05, 3.63) is 56.4 Å². The number of aromatic nitrogens is 1. The number of rotatable bonds is 3. The van der Waals surface area contributed by atoms with E-state index in [4.69, 9.17) is 11.6 Å². The van der Waals surface area contributed by atoms with Crippen LogP contribution in [0.2, 0.25) is 5.02 Å². The Morgan fingerprint density at radius 2 is 1.92 bits per heavy atom. The summed E-state index contributed by atoms with van der Waals surface area (Å²) in [6.45, 7) is 6.12. The number of benzene rings is 1. The van der Waals surface area contributed by atoms with E-state index in [9.17, 15) is 18.5 Å². The topological polar surface area (TPSA) is 85.5 Å². The molecule has 0 radical (unpaired) electrons. The number of aryl methyl sites for hydroxylation is 1. The highest BCUT2D eigenvalue weighted by Crippen LogP contribution is 2.35. The summed E-state index contributed by atoms with van der Waals surface area (Å²) in [6, 6.07) is 5.86. The number of sulfonamides is 1. The molecule has 1 aromatic carbocycles. The molecule has 2 aromatic rings. The number of nitro groups is 1. The highest BCUT2D eigenvalue weighted by atomic mass is 35.5. The van der Waals surface area contributed by atoms with Crippen molar-refractivity contribution in [2.45, 2.75) is 38.3 Å². The van der Waals surface area contributed by atoms with Gasteiger partial charge in [0.15, 0.2) is 0 Å². The fourth-order valence-corrected chi connectivity index (χ4v) is 5.17. The average molecular weight is 384 g/mol. The van der Waals surface area contributed by atoms with Gasteiger partial charge >= 0.3 is 0 Å². The highest BCUT2D eigenvalue weighted by molar-refractivity contribution is 7.89. The SMILES string of the molecule is Cc1c(Cl)cc(S(=O)(=O)N2CCn3c(C)ccc3[C@H]2C)cc1[N+](=O)[O-]. The van der Waals surface area contributed by atoms with Crippen LogP contribution < -0.4 is 0 Å². The van der Waals surface area contributed by atoms with E-state index < -0.39 is 14.9 Å². The molecule has 2 heterocycles. The zero-order valence-electron chi connectivity index (χ0n) is 14.1. The van der Waals surface area contributed by atoms with E-state index in [2.05, 4.69) is 4.57 Å². The summed E-state index contributed by atoms with van der Waals surface area (Å²) in [6.07, 6.45) is 0. The Kier molecular flexibility index (Phi) is 4.38. The summed E-state index contributed by atoms with van der Waals surface area (Å²) in [4.78, 5) is 10.4. The van der Waals surface area contributed by atoms with Crippen LogP contribution in [0, 0.1) is 24.0 Å². The van der Waals surface area contributed by atoms with E-state index in [1.165, 1.54) is 17.3 Å². The molecule has 0 unspecified atom stereocenters. The molecule has 0 saturated carbocycles. The lowest BCUT2D eigenvalue weighted by Crippen LogP contribution is -2.41. The standard InChI is InChI=1S/C16H18ClN3O4S/c1-10-4-5-15-12(3)19(7-6-18(10)15)25(23,24)13-8-14(17)11(2)16(9-13)20(21)22/h4-5,8-9,12H,6-7H2,1-3H3/t12-/m1/s1. The van der Waals surface area contributed by atoms with E-state index in [0.717, 1.165) is 17.5 Å². The third kappa shape index (κ3) is 2.84. The third-order valence-corrected chi connectivity index (χ3v) is 7.07. The Hall–Kier alpha value is -1.90. The predicted molar refractivity (Wildman–Crippen MR) is 94.3 cm³/mol. The Morgan fingerprint density at radius 1 is 1.24 bits per heavy atom. The Morgan fingerprint density at radius 3 is 2.56 bits per heavy atom. The largest absolute Gasteiger partial charge is 0.346 e. The maximum atomic E-state index is 13.1. The molecule has 0 fully saturated rings. The lowest BCUT2D eigenvalue weighted by Gasteiger charge is -2.34. The van der Waals surface area contributed by atoms with Crippen LogP contribution in [0.3, 0.4) is 0 Å². The van der Waals surface area contributed by atoms with Crippen molar-refractivity contribution in [2.24, 2.45) is 0 Å². The van der Waals surface area contributed by atoms with E-state index in [1.807, 2.05) is 26.0 Å². The Bertz CT molecular complexity index is 968. The Balaban J connectivity index is 2.07. The molecule has 0 aliphatic carbocycles. The summed E-state index contributed by atoms with van der Waals surface area (Å²) >= 11 is 6.04.